The number of anilines is 1. The van der Waals surface area contributed by atoms with Crippen LogP contribution in [0.15, 0.2) is 58.2 Å². The van der Waals surface area contributed by atoms with Gasteiger partial charge in [-0.25, -0.2) is 12.7 Å². The van der Waals surface area contributed by atoms with Gasteiger partial charge in [-0.05, 0) is 42.8 Å². The Kier molecular flexibility index (Phi) is 5.98. The standard InChI is InChI=1S/C22H26N6O3S/c1-4-5-14-26(2)32(30,31)17-12-10-16(11-13-17)23-15-20-24-25-22-27(3)21(29)18-8-6-7-9-19(18)28(20)22/h6-13,23H,4-5,14-15H2,1-3H3. The molecule has 0 saturated carbocycles. The van der Waals surface area contributed by atoms with E-state index in [1.807, 2.05) is 29.5 Å². The molecule has 2 heterocycles. The van der Waals surface area contributed by atoms with E-state index in [0.29, 0.717) is 30.1 Å². The lowest BCUT2D eigenvalue weighted by Gasteiger charge is -2.17. The van der Waals surface area contributed by atoms with Crippen molar-refractivity contribution in [3.63, 3.8) is 0 Å². The largest absolute Gasteiger partial charge is 0.378 e. The van der Waals surface area contributed by atoms with E-state index in [2.05, 4.69) is 15.5 Å². The van der Waals surface area contributed by atoms with E-state index in [-0.39, 0.29) is 10.5 Å². The summed E-state index contributed by atoms with van der Waals surface area (Å²) in [6.45, 7) is 2.88. The highest BCUT2D eigenvalue weighted by molar-refractivity contribution is 7.89. The Morgan fingerprint density at radius 3 is 2.50 bits per heavy atom. The maximum absolute atomic E-state index is 12.7. The van der Waals surface area contributed by atoms with Gasteiger partial charge in [0, 0.05) is 26.3 Å². The molecular formula is C22H26N6O3S. The zero-order valence-electron chi connectivity index (χ0n) is 18.3. The molecule has 9 nitrogen and oxygen atoms in total. The minimum atomic E-state index is -3.50. The van der Waals surface area contributed by atoms with Crippen LogP contribution < -0.4 is 10.9 Å². The number of benzene rings is 2. The van der Waals surface area contributed by atoms with E-state index in [1.165, 1.54) is 8.87 Å². The average molecular weight is 455 g/mol. The Bertz CT molecular complexity index is 1420. The first-order valence-corrected chi connectivity index (χ1v) is 11.9. The molecule has 0 bridgehead atoms. The van der Waals surface area contributed by atoms with Gasteiger partial charge in [0.05, 0.1) is 22.3 Å². The molecule has 0 amide bonds. The minimum absolute atomic E-state index is 0.124. The smallest absolute Gasteiger partial charge is 0.262 e. The minimum Gasteiger partial charge on any atom is -0.378 e. The first-order chi connectivity index (χ1) is 15.3. The Morgan fingerprint density at radius 2 is 1.78 bits per heavy atom. The Labute approximate surface area is 186 Å². The fraction of sp³-hybridized carbons (Fsp3) is 0.318. The number of hydrogen-bond acceptors (Lipinski definition) is 6. The molecular weight excluding hydrogens is 428 g/mol. The van der Waals surface area contributed by atoms with Crippen LogP contribution in [0.25, 0.3) is 16.7 Å². The zero-order chi connectivity index (χ0) is 22.9. The molecule has 10 heteroatoms. The predicted molar refractivity (Wildman–Crippen MR) is 124 cm³/mol. The van der Waals surface area contributed by atoms with Gasteiger partial charge in [-0.1, -0.05) is 25.5 Å². The van der Waals surface area contributed by atoms with Gasteiger partial charge in [-0.3, -0.25) is 13.8 Å². The highest BCUT2D eigenvalue weighted by atomic mass is 32.2. The lowest BCUT2D eigenvalue weighted by molar-refractivity contribution is 0.459. The summed E-state index contributed by atoms with van der Waals surface area (Å²) >= 11 is 0. The molecule has 2 aromatic heterocycles. The molecule has 168 valence electrons. The molecule has 4 rings (SSSR count). The Balaban J connectivity index is 1.58. The van der Waals surface area contributed by atoms with Crippen molar-refractivity contribution in [1.29, 1.82) is 0 Å². The summed E-state index contributed by atoms with van der Waals surface area (Å²) in [4.78, 5) is 12.8. The molecule has 0 aliphatic rings. The van der Waals surface area contributed by atoms with Gasteiger partial charge in [-0.2, -0.15) is 0 Å². The van der Waals surface area contributed by atoms with Crippen LogP contribution in [-0.2, 0) is 23.6 Å². The summed E-state index contributed by atoms with van der Waals surface area (Å²) in [5.74, 6) is 1.10. The van der Waals surface area contributed by atoms with Crippen LogP contribution in [0.4, 0.5) is 5.69 Å². The fourth-order valence-corrected chi connectivity index (χ4v) is 4.82. The van der Waals surface area contributed by atoms with Crippen molar-refractivity contribution in [2.45, 2.75) is 31.2 Å². The van der Waals surface area contributed by atoms with Crippen molar-refractivity contribution in [3.05, 3.63) is 64.7 Å². The Morgan fingerprint density at radius 1 is 1.06 bits per heavy atom. The number of nitrogens with zero attached hydrogens (tertiary/aromatic N) is 5. The highest BCUT2D eigenvalue weighted by Gasteiger charge is 2.20. The van der Waals surface area contributed by atoms with E-state index in [1.54, 1.807) is 44.4 Å². The molecule has 2 aromatic carbocycles. The molecule has 0 saturated heterocycles. The van der Waals surface area contributed by atoms with Gasteiger partial charge in [-0.15, -0.1) is 10.2 Å². The molecule has 0 aliphatic carbocycles. The van der Waals surface area contributed by atoms with E-state index in [4.69, 9.17) is 0 Å². The van der Waals surface area contributed by atoms with Crippen molar-refractivity contribution >= 4 is 32.4 Å². The van der Waals surface area contributed by atoms with Gasteiger partial charge in [0.2, 0.25) is 15.8 Å². The number of unbranched alkanes of at least 4 members (excludes halogenated alkanes) is 1. The van der Waals surface area contributed by atoms with Gasteiger partial charge in [0.1, 0.15) is 0 Å². The summed E-state index contributed by atoms with van der Waals surface area (Å²) in [5.41, 5.74) is 1.37. The van der Waals surface area contributed by atoms with Crippen LogP contribution in [0.3, 0.4) is 0 Å². The number of fused-ring (bicyclic) bond motifs is 3. The monoisotopic (exact) mass is 454 g/mol. The molecule has 0 aliphatic heterocycles. The van der Waals surface area contributed by atoms with Gasteiger partial charge < -0.3 is 5.32 Å². The third kappa shape index (κ3) is 3.87. The summed E-state index contributed by atoms with van der Waals surface area (Å²) in [6, 6.07) is 14.0. The number of aryl methyl sites for hydroxylation is 1. The summed E-state index contributed by atoms with van der Waals surface area (Å²) < 4.78 is 30.1. The highest BCUT2D eigenvalue weighted by Crippen LogP contribution is 2.19. The number of rotatable bonds is 8. The molecule has 0 fully saturated rings. The number of sulfonamides is 1. The van der Waals surface area contributed by atoms with E-state index in [0.717, 1.165) is 24.0 Å². The maximum atomic E-state index is 12.7. The summed E-state index contributed by atoms with van der Waals surface area (Å²) in [5, 5.41) is 12.3. The first-order valence-electron chi connectivity index (χ1n) is 10.5. The van der Waals surface area contributed by atoms with E-state index < -0.39 is 10.0 Å². The number of hydrogen-bond donors (Lipinski definition) is 1. The topological polar surface area (TPSA) is 102 Å². The average Bonchev–Trinajstić information content (AvgIpc) is 3.24. The molecule has 0 atom stereocenters. The summed E-state index contributed by atoms with van der Waals surface area (Å²) in [7, 11) is -0.226. The van der Waals surface area contributed by atoms with Crippen molar-refractivity contribution in [3.8, 4) is 0 Å². The second kappa shape index (κ2) is 8.71. The number of aromatic nitrogens is 4. The van der Waals surface area contributed by atoms with Crippen molar-refractivity contribution in [2.75, 3.05) is 18.9 Å². The molecule has 0 unspecified atom stereocenters. The fourth-order valence-electron chi connectivity index (χ4n) is 3.61. The van der Waals surface area contributed by atoms with Crippen LogP contribution in [0.2, 0.25) is 0 Å². The number of para-hydroxylation sites is 1. The van der Waals surface area contributed by atoms with Crippen LogP contribution in [0.1, 0.15) is 25.6 Å². The molecule has 32 heavy (non-hydrogen) atoms. The normalized spacial score (nSPS) is 12.1. The lowest BCUT2D eigenvalue weighted by Crippen LogP contribution is -2.27. The summed E-state index contributed by atoms with van der Waals surface area (Å²) in [6.07, 6.45) is 1.76. The quantitative estimate of drug-likeness (QED) is 0.439. The molecule has 0 radical (unpaired) electrons. The maximum Gasteiger partial charge on any atom is 0.262 e. The van der Waals surface area contributed by atoms with E-state index in [9.17, 15) is 13.2 Å². The molecule has 4 aromatic rings. The van der Waals surface area contributed by atoms with Gasteiger partial charge in [0.25, 0.3) is 5.56 Å². The third-order valence-electron chi connectivity index (χ3n) is 5.53. The SMILES string of the molecule is CCCCN(C)S(=O)(=O)c1ccc(NCc2nnc3n(C)c(=O)c4ccccc4n23)cc1. The molecule has 0 spiro atoms. The van der Waals surface area contributed by atoms with Crippen LogP contribution in [0, 0.1) is 0 Å². The Hall–Kier alpha value is -3.24. The first kappa shape index (κ1) is 22.0. The van der Waals surface area contributed by atoms with E-state index >= 15 is 0 Å². The zero-order valence-corrected chi connectivity index (χ0v) is 19.1. The van der Waals surface area contributed by atoms with Crippen LogP contribution >= 0.6 is 0 Å². The van der Waals surface area contributed by atoms with Gasteiger partial charge in [0.15, 0.2) is 5.82 Å². The van der Waals surface area contributed by atoms with Crippen molar-refractivity contribution in [1.82, 2.24) is 23.5 Å². The second-order valence-electron chi connectivity index (χ2n) is 7.69. The molecule has 1 N–H and O–H groups in total. The van der Waals surface area contributed by atoms with Crippen LogP contribution in [-0.4, -0.2) is 45.5 Å². The second-order valence-corrected chi connectivity index (χ2v) is 9.74. The van der Waals surface area contributed by atoms with Crippen molar-refractivity contribution in [2.24, 2.45) is 7.05 Å². The van der Waals surface area contributed by atoms with Crippen molar-refractivity contribution < 1.29 is 8.42 Å². The predicted octanol–water partition coefficient (Wildman–Crippen LogP) is 2.61. The third-order valence-corrected chi connectivity index (χ3v) is 7.40. The lowest BCUT2D eigenvalue weighted by atomic mass is 10.2. The number of nitrogens with one attached hydrogen (secondary N) is 1. The van der Waals surface area contributed by atoms with Gasteiger partial charge >= 0.3 is 0 Å². The van der Waals surface area contributed by atoms with Crippen LogP contribution in [0.5, 0.6) is 0 Å².